The summed E-state index contributed by atoms with van der Waals surface area (Å²) in [7, 11) is 1.64. The summed E-state index contributed by atoms with van der Waals surface area (Å²) in [6, 6.07) is 0. The van der Waals surface area contributed by atoms with Crippen LogP contribution in [0.4, 0.5) is 0 Å². The summed E-state index contributed by atoms with van der Waals surface area (Å²) in [5.74, 6) is 0. The van der Waals surface area contributed by atoms with Gasteiger partial charge in [0.2, 0.25) is 0 Å². The van der Waals surface area contributed by atoms with E-state index in [9.17, 15) is 0 Å². The van der Waals surface area contributed by atoms with Crippen LogP contribution in [0.2, 0.25) is 0 Å². The van der Waals surface area contributed by atoms with Crippen LogP contribution in [0.15, 0.2) is 12.3 Å². The first-order valence-corrected chi connectivity index (χ1v) is 15.3. The minimum Gasteiger partial charge on any atom is -0.476 e. The van der Waals surface area contributed by atoms with E-state index < -0.39 is 0 Å². The zero-order valence-corrected chi connectivity index (χ0v) is 24.0. The van der Waals surface area contributed by atoms with E-state index in [1.165, 1.54) is 128 Å². The van der Waals surface area contributed by atoms with Gasteiger partial charge in [0.25, 0.3) is 0 Å². The van der Waals surface area contributed by atoms with Gasteiger partial charge in [-0.15, -0.1) is 0 Å². The molecule has 0 amide bonds. The highest BCUT2D eigenvalue weighted by Gasteiger charge is 2.09. The monoisotopic (exact) mass is 498 g/mol. The molecule has 0 unspecified atom stereocenters. The maximum Gasteiger partial charge on any atom is 0.187 e. The highest BCUT2D eigenvalue weighted by molar-refractivity contribution is 4.72. The standard InChI is InChI=1S/C31H62O4/c1-4-6-8-10-12-15-20-24-28-34-31(35-29-25-21-16-13-11-9-7-5-2)26-22-18-14-17-19-23-27-33-30-32-3/h23,27,31H,4-22,24-26,28-30H2,1-3H3. The van der Waals surface area contributed by atoms with Crippen LogP contribution in [0.25, 0.3) is 0 Å². The molecule has 0 rings (SSSR count). The van der Waals surface area contributed by atoms with Gasteiger partial charge in [-0.2, -0.15) is 0 Å². The Morgan fingerprint density at radius 3 is 1.51 bits per heavy atom. The lowest BCUT2D eigenvalue weighted by Crippen LogP contribution is -2.19. The van der Waals surface area contributed by atoms with Gasteiger partial charge in [-0.05, 0) is 44.6 Å². The molecule has 4 nitrogen and oxygen atoms in total. The average Bonchev–Trinajstić information content (AvgIpc) is 2.87. The Balaban J connectivity index is 3.90. The highest BCUT2D eigenvalue weighted by atomic mass is 16.7. The zero-order valence-electron chi connectivity index (χ0n) is 24.0. The number of unbranched alkanes of at least 4 members (excludes halogenated alkanes) is 18. The van der Waals surface area contributed by atoms with Gasteiger partial charge in [-0.3, -0.25) is 0 Å². The lowest BCUT2D eigenvalue weighted by molar-refractivity contribution is -0.148. The van der Waals surface area contributed by atoms with Crippen molar-refractivity contribution < 1.29 is 18.9 Å². The van der Waals surface area contributed by atoms with Gasteiger partial charge < -0.3 is 18.9 Å². The summed E-state index contributed by atoms with van der Waals surface area (Å²) in [6.45, 7) is 6.59. The lowest BCUT2D eigenvalue weighted by atomic mass is 10.1. The first-order valence-electron chi connectivity index (χ1n) is 15.3. The van der Waals surface area contributed by atoms with Gasteiger partial charge in [-0.1, -0.05) is 117 Å². The van der Waals surface area contributed by atoms with Crippen LogP contribution in [0.5, 0.6) is 0 Å². The quantitative estimate of drug-likeness (QED) is 0.0560. The van der Waals surface area contributed by atoms with Crippen molar-refractivity contribution in [1.29, 1.82) is 0 Å². The van der Waals surface area contributed by atoms with E-state index in [1.54, 1.807) is 13.4 Å². The fourth-order valence-electron chi connectivity index (χ4n) is 4.29. The van der Waals surface area contributed by atoms with Gasteiger partial charge in [-0.25, -0.2) is 0 Å². The SMILES string of the molecule is CCCCCCCCCCOC(CCCCCCC=COCOC)OCCCCCCCCCC. The Morgan fingerprint density at radius 1 is 0.543 bits per heavy atom. The molecule has 35 heavy (non-hydrogen) atoms. The molecule has 0 aromatic heterocycles. The van der Waals surface area contributed by atoms with Crippen molar-refractivity contribution >= 4 is 0 Å². The molecule has 0 aliphatic rings. The number of hydrogen-bond acceptors (Lipinski definition) is 4. The van der Waals surface area contributed by atoms with E-state index in [4.69, 9.17) is 18.9 Å². The average molecular weight is 499 g/mol. The van der Waals surface area contributed by atoms with Crippen molar-refractivity contribution in [1.82, 2.24) is 0 Å². The molecular weight excluding hydrogens is 436 g/mol. The molecule has 210 valence electrons. The molecule has 0 N–H and O–H groups in total. The maximum absolute atomic E-state index is 6.18. The molecule has 0 bridgehead atoms. The molecule has 0 aromatic carbocycles. The molecule has 0 saturated carbocycles. The first kappa shape index (κ1) is 34.4. The Bertz CT molecular complexity index is 377. The third-order valence-electron chi connectivity index (χ3n) is 6.54. The highest BCUT2D eigenvalue weighted by Crippen LogP contribution is 2.14. The summed E-state index contributed by atoms with van der Waals surface area (Å²) in [5.41, 5.74) is 0. The van der Waals surface area contributed by atoms with E-state index in [1.807, 2.05) is 0 Å². The van der Waals surface area contributed by atoms with Crippen LogP contribution in [-0.2, 0) is 18.9 Å². The molecule has 0 radical (unpaired) electrons. The minimum atomic E-state index is -0.00792. The fourth-order valence-corrected chi connectivity index (χ4v) is 4.29. The Labute approximate surface area is 219 Å². The molecule has 0 spiro atoms. The van der Waals surface area contributed by atoms with Crippen molar-refractivity contribution in [3.63, 3.8) is 0 Å². The van der Waals surface area contributed by atoms with E-state index in [0.717, 1.165) is 26.1 Å². The smallest absolute Gasteiger partial charge is 0.187 e. The number of methoxy groups -OCH3 is 1. The molecule has 0 saturated heterocycles. The summed E-state index contributed by atoms with van der Waals surface area (Å²) in [4.78, 5) is 0. The van der Waals surface area contributed by atoms with E-state index in [2.05, 4.69) is 19.9 Å². The van der Waals surface area contributed by atoms with E-state index in [-0.39, 0.29) is 6.29 Å². The Kier molecular flexibility index (Phi) is 30.9. The summed E-state index contributed by atoms with van der Waals surface area (Å²) in [5, 5.41) is 0. The van der Waals surface area contributed by atoms with Gasteiger partial charge in [0.15, 0.2) is 13.1 Å². The fraction of sp³-hybridized carbons (Fsp3) is 0.935. The number of hydrogen-bond donors (Lipinski definition) is 0. The summed E-state index contributed by atoms with van der Waals surface area (Å²) in [6.07, 6.45) is 32.2. The normalized spacial score (nSPS) is 11.8. The zero-order chi connectivity index (χ0) is 25.5. The summed E-state index contributed by atoms with van der Waals surface area (Å²) < 4.78 is 22.4. The van der Waals surface area contributed by atoms with Crippen LogP contribution in [0.3, 0.4) is 0 Å². The minimum absolute atomic E-state index is 0.00792. The van der Waals surface area contributed by atoms with Crippen LogP contribution >= 0.6 is 0 Å². The molecule has 4 heteroatoms. The van der Waals surface area contributed by atoms with Crippen LogP contribution < -0.4 is 0 Å². The number of allylic oxidation sites excluding steroid dienone is 1. The predicted octanol–water partition coefficient (Wildman–Crippen LogP) is 10.1. The first-order chi connectivity index (χ1) is 17.3. The van der Waals surface area contributed by atoms with Crippen molar-refractivity contribution in [3.05, 3.63) is 12.3 Å². The Morgan fingerprint density at radius 2 is 1.00 bits per heavy atom. The maximum atomic E-state index is 6.18. The number of ether oxygens (including phenoxy) is 4. The van der Waals surface area contributed by atoms with Crippen molar-refractivity contribution in [2.45, 2.75) is 161 Å². The molecule has 0 heterocycles. The van der Waals surface area contributed by atoms with Crippen LogP contribution in [0.1, 0.15) is 155 Å². The van der Waals surface area contributed by atoms with Crippen molar-refractivity contribution in [3.8, 4) is 0 Å². The molecule has 0 aromatic rings. The second-order valence-corrected chi connectivity index (χ2v) is 10.1. The summed E-state index contributed by atoms with van der Waals surface area (Å²) >= 11 is 0. The second kappa shape index (κ2) is 31.4. The predicted molar refractivity (Wildman–Crippen MR) is 151 cm³/mol. The third kappa shape index (κ3) is 29.5. The molecule has 0 atom stereocenters. The molecule has 0 fully saturated rings. The van der Waals surface area contributed by atoms with Crippen molar-refractivity contribution in [2.75, 3.05) is 27.1 Å². The van der Waals surface area contributed by atoms with Crippen molar-refractivity contribution in [2.24, 2.45) is 0 Å². The van der Waals surface area contributed by atoms with E-state index >= 15 is 0 Å². The topological polar surface area (TPSA) is 36.9 Å². The van der Waals surface area contributed by atoms with Gasteiger partial charge in [0.05, 0.1) is 6.26 Å². The second-order valence-electron chi connectivity index (χ2n) is 10.1. The molecular formula is C31H62O4. The molecule has 0 aliphatic carbocycles. The van der Waals surface area contributed by atoms with Gasteiger partial charge in [0.1, 0.15) is 0 Å². The largest absolute Gasteiger partial charge is 0.476 e. The van der Waals surface area contributed by atoms with Gasteiger partial charge in [0, 0.05) is 20.3 Å². The third-order valence-corrected chi connectivity index (χ3v) is 6.54. The Hall–Kier alpha value is -0.580. The van der Waals surface area contributed by atoms with Gasteiger partial charge >= 0.3 is 0 Å². The molecule has 0 aliphatic heterocycles. The van der Waals surface area contributed by atoms with Crippen LogP contribution in [-0.4, -0.2) is 33.4 Å². The lowest BCUT2D eigenvalue weighted by Gasteiger charge is -2.19. The number of rotatable bonds is 30. The van der Waals surface area contributed by atoms with Crippen LogP contribution in [0, 0.1) is 0 Å². The van der Waals surface area contributed by atoms with E-state index in [0.29, 0.717) is 6.79 Å².